The highest BCUT2D eigenvalue weighted by Gasteiger charge is 2.18. The van der Waals surface area contributed by atoms with E-state index in [4.69, 9.17) is 4.74 Å². The van der Waals surface area contributed by atoms with Crippen LogP contribution in [0.3, 0.4) is 0 Å². The Labute approximate surface area is 179 Å². The van der Waals surface area contributed by atoms with Crippen molar-refractivity contribution in [2.24, 2.45) is 0 Å². The average molecular weight is 417 g/mol. The van der Waals surface area contributed by atoms with E-state index in [2.05, 4.69) is 13.8 Å². The van der Waals surface area contributed by atoms with Gasteiger partial charge in [0.25, 0.3) is 0 Å². The van der Waals surface area contributed by atoms with Gasteiger partial charge in [-0.2, -0.15) is 4.39 Å². The Balaban J connectivity index is 1.91. The van der Waals surface area contributed by atoms with Crippen molar-refractivity contribution in [2.45, 2.75) is 84.5 Å². The van der Waals surface area contributed by atoms with Gasteiger partial charge < -0.3 is 4.74 Å². The van der Waals surface area contributed by atoms with Crippen molar-refractivity contribution < 1.29 is 18.3 Å². The molecule has 2 nitrogen and oxygen atoms in total. The summed E-state index contributed by atoms with van der Waals surface area (Å²) in [6.07, 6.45) is 11.5. The predicted molar refractivity (Wildman–Crippen MR) is 118 cm³/mol. The standard InChI is InChI=1S/C26H34F2O2/c1-3-5-7-9-10-12-20-14-16-22(17-15-20)26(29)30-23-19-18-21(24(27)25(23)28)13-11-8-6-4-2/h14-19H,3-13H2,1-2H3. The molecule has 0 aliphatic rings. The van der Waals surface area contributed by atoms with E-state index in [1.54, 1.807) is 12.1 Å². The smallest absolute Gasteiger partial charge is 0.343 e. The summed E-state index contributed by atoms with van der Waals surface area (Å²) in [5.74, 6) is -3.07. The maximum atomic E-state index is 14.4. The molecule has 0 unspecified atom stereocenters. The zero-order chi connectivity index (χ0) is 21.8. The molecule has 0 radical (unpaired) electrons. The molecule has 164 valence electrons. The van der Waals surface area contributed by atoms with Crippen molar-refractivity contribution >= 4 is 5.97 Å². The number of carbonyl (C=O) groups excluding carboxylic acids is 1. The summed E-state index contributed by atoms with van der Waals surface area (Å²) in [6, 6.07) is 10.0. The number of benzene rings is 2. The Morgan fingerprint density at radius 3 is 2.00 bits per heavy atom. The Morgan fingerprint density at radius 2 is 1.33 bits per heavy atom. The third-order valence-electron chi connectivity index (χ3n) is 5.39. The zero-order valence-electron chi connectivity index (χ0n) is 18.3. The molecule has 0 bridgehead atoms. The molecule has 0 saturated carbocycles. The Morgan fingerprint density at radius 1 is 0.733 bits per heavy atom. The van der Waals surface area contributed by atoms with Crippen LogP contribution in [0.5, 0.6) is 5.75 Å². The van der Waals surface area contributed by atoms with Crippen LogP contribution in [0, 0.1) is 11.6 Å². The molecule has 30 heavy (non-hydrogen) atoms. The topological polar surface area (TPSA) is 26.3 Å². The second-order valence-electron chi connectivity index (χ2n) is 7.91. The molecule has 0 spiro atoms. The molecule has 0 aliphatic heterocycles. The molecule has 2 aromatic rings. The molecule has 0 aromatic heterocycles. The fourth-order valence-corrected chi connectivity index (χ4v) is 3.48. The maximum absolute atomic E-state index is 14.4. The van der Waals surface area contributed by atoms with Gasteiger partial charge >= 0.3 is 5.97 Å². The number of hydrogen-bond acceptors (Lipinski definition) is 2. The fraction of sp³-hybridized carbons (Fsp3) is 0.500. The molecule has 0 aliphatic carbocycles. The number of esters is 1. The third-order valence-corrected chi connectivity index (χ3v) is 5.39. The highest BCUT2D eigenvalue weighted by molar-refractivity contribution is 5.91. The van der Waals surface area contributed by atoms with Crippen LogP contribution in [-0.4, -0.2) is 5.97 Å². The van der Waals surface area contributed by atoms with E-state index in [9.17, 15) is 13.6 Å². The minimum atomic E-state index is -1.10. The fourth-order valence-electron chi connectivity index (χ4n) is 3.48. The Hall–Kier alpha value is -2.23. The average Bonchev–Trinajstić information content (AvgIpc) is 2.76. The minimum Gasteiger partial charge on any atom is -0.420 e. The van der Waals surface area contributed by atoms with Gasteiger partial charge in [0.15, 0.2) is 11.6 Å². The summed E-state index contributed by atoms with van der Waals surface area (Å²) in [7, 11) is 0. The van der Waals surface area contributed by atoms with Crippen LogP contribution >= 0.6 is 0 Å². The zero-order valence-corrected chi connectivity index (χ0v) is 18.3. The first-order valence-corrected chi connectivity index (χ1v) is 11.3. The number of hydrogen-bond donors (Lipinski definition) is 0. The number of ether oxygens (including phenoxy) is 1. The maximum Gasteiger partial charge on any atom is 0.343 e. The molecule has 0 saturated heterocycles. The minimum absolute atomic E-state index is 0.326. The number of rotatable bonds is 13. The van der Waals surface area contributed by atoms with Gasteiger partial charge in [0.05, 0.1) is 5.56 Å². The van der Waals surface area contributed by atoms with Crippen molar-refractivity contribution in [3.63, 3.8) is 0 Å². The summed E-state index contributed by atoms with van der Waals surface area (Å²) in [5, 5.41) is 0. The van der Waals surface area contributed by atoms with Crippen molar-refractivity contribution in [1.82, 2.24) is 0 Å². The molecule has 0 amide bonds. The van der Waals surface area contributed by atoms with Gasteiger partial charge in [-0.3, -0.25) is 0 Å². The molecule has 0 N–H and O–H groups in total. The molecule has 0 heterocycles. The van der Waals surface area contributed by atoms with Gasteiger partial charge in [0, 0.05) is 0 Å². The van der Waals surface area contributed by atoms with E-state index in [1.165, 1.54) is 37.8 Å². The van der Waals surface area contributed by atoms with Crippen molar-refractivity contribution in [1.29, 1.82) is 0 Å². The van der Waals surface area contributed by atoms with Gasteiger partial charge in [-0.25, -0.2) is 9.18 Å². The van der Waals surface area contributed by atoms with E-state index < -0.39 is 17.6 Å². The molecule has 0 atom stereocenters. The van der Waals surface area contributed by atoms with Gasteiger partial charge in [-0.05, 0) is 55.0 Å². The number of halogens is 2. The van der Waals surface area contributed by atoms with Crippen molar-refractivity contribution in [3.05, 3.63) is 64.7 Å². The van der Waals surface area contributed by atoms with Crippen LogP contribution in [0.1, 0.15) is 93.1 Å². The number of unbranched alkanes of at least 4 members (excludes halogenated alkanes) is 7. The summed E-state index contributed by atoms with van der Waals surface area (Å²) >= 11 is 0. The lowest BCUT2D eigenvalue weighted by atomic mass is 10.0. The second kappa shape index (κ2) is 13.1. The van der Waals surface area contributed by atoms with Gasteiger partial charge in [-0.1, -0.05) is 77.0 Å². The van der Waals surface area contributed by atoms with Crippen molar-refractivity contribution in [3.8, 4) is 5.75 Å². The van der Waals surface area contributed by atoms with Gasteiger partial charge in [0.1, 0.15) is 0 Å². The van der Waals surface area contributed by atoms with Gasteiger partial charge in [0.2, 0.25) is 5.82 Å². The number of carbonyl (C=O) groups is 1. The first-order chi connectivity index (χ1) is 14.6. The summed E-state index contributed by atoms with van der Waals surface area (Å²) in [4.78, 5) is 12.3. The summed E-state index contributed by atoms with van der Waals surface area (Å²) < 4.78 is 33.8. The normalized spacial score (nSPS) is 10.9. The molecular formula is C26H34F2O2. The predicted octanol–water partition coefficient (Wildman–Crippen LogP) is 7.82. The lowest BCUT2D eigenvalue weighted by molar-refractivity contribution is 0.0726. The van der Waals surface area contributed by atoms with E-state index in [0.717, 1.165) is 44.1 Å². The molecular weight excluding hydrogens is 382 g/mol. The first kappa shape index (κ1) is 24.0. The number of aryl methyl sites for hydroxylation is 2. The van der Waals surface area contributed by atoms with Crippen LogP contribution in [0.4, 0.5) is 8.78 Å². The van der Waals surface area contributed by atoms with Crippen LogP contribution in [-0.2, 0) is 12.8 Å². The first-order valence-electron chi connectivity index (χ1n) is 11.3. The Bertz CT molecular complexity index is 784. The molecule has 2 aromatic carbocycles. The molecule has 2 rings (SSSR count). The van der Waals surface area contributed by atoms with Crippen LogP contribution in [0.25, 0.3) is 0 Å². The lowest BCUT2D eigenvalue weighted by Gasteiger charge is -2.10. The third kappa shape index (κ3) is 7.55. The monoisotopic (exact) mass is 416 g/mol. The van der Waals surface area contributed by atoms with E-state index in [0.29, 0.717) is 17.5 Å². The van der Waals surface area contributed by atoms with Gasteiger partial charge in [-0.15, -0.1) is 0 Å². The van der Waals surface area contributed by atoms with E-state index >= 15 is 0 Å². The van der Waals surface area contributed by atoms with E-state index in [-0.39, 0.29) is 5.75 Å². The Kier molecular flexibility index (Phi) is 10.5. The molecule has 4 heteroatoms. The highest BCUT2D eigenvalue weighted by Crippen LogP contribution is 2.25. The largest absolute Gasteiger partial charge is 0.420 e. The highest BCUT2D eigenvalue weighted by atomic mass is 19.2. The summed E-state index contributed by atoms with van der Waals surface area (Å²) in [5.41, 5.74) is 1.81. The second-order valence-corrected chi connectivity index (χ2v) is 7.91. The lowest BCUT2D eigenvalue weighted by Crippen LogP contribution is -2.11. The molecule has 0 fully saturated rings. The quantitative estimate of drug-likeness (QED) is 0.189. The SMILES string of the molecule is CCCCCCCc1ccc(C(=O)Oc2ccc(CCCCCC)c(F)c2F)cc1. The summed E-state index contributed by atoms with van der Waals surface area (Å²) in [6.45, 7) is 4.30. The van der Waals surface area contributed by atoms with E-state index in [1.807, 2.05) is 12.1 Å². The van der Waals surface area contributed by atoms with Crippen LogP contribution < -0.4 is 4.74 Å². The van der Waals surface area contributed by atoms with Crippen LogP contribution in [0.15, 0.2) is 36.4 Å². The van der Waals surface area contributed by atoms with Crippen molar-refractivity contribution in [2.75, 3.05) is 0 Å². The van der Waals surface area contributed by atoms with Crippen LogP contribution in [0.2, 0.25) is 0 Å².